The van der Waals surface area contributed by atoms with Gasteiger partial charge in [0.2, 0.25) is 0 Å². The van der Waals surface area contributed by atoms with E-state index in [2.05, 4.69) is 28.0 Å². The highest BCUT2D eigenvalue weighted by Crippen LogP contribution is 2.35. The minimum absolute atomic E-state index is 0.268. The molecular weight excluding hydrogens is 435 g/mol. The van der Waals surface area contributed by atoms with Crippen LogP contribution in [0.3, 0.4) is 0 Å². The summed E-state index contributed by atoms with van der Waals surface area (Å²) in [5.74, 6) is 1.10. The summed E-state index contributed by atoms with van der Waals surface area (Å²) in [5.41, 5.74) is 4.48. The highest BCUT2D eigenvalue weighted by molar-refractivity contribution is 7.14. The van der Waals surface area contributed by atoms with Crippen LogP contribution in [0.2, 0.25) is 0 Å². The van der Waals surface area contributed by atoms with Crippen molar-refractivity contribution in [2.75, 3.05) is 25.0 Å². The van der Waals surface area contributed by atoms with Gasteiger partial charge in [0.1, 0.15) is 23.0 Å². The van der Waals surface area contributed by atoms with Gasteiger partial charge in [-0.3, -0.25) is 4.40 Å². The SMILES string of the molecule is CN(c1nc(-c2ccc(F)cc2)cs1)c1c(/C=C/C#N)nc2ccc(C3CCNCC3)cn12. The van der Waals surface area contributed by atoms with Gasteiger partial charge < -0.3 is 10.2 Å². The number of halogens is 1. The summed E-state index contributed by atoms with van der Waals surface area (Å²) in [6, 6.07) is 12.6. The van der Waals surface area contributed by atoms with Crippen LogP contribution in [-0.4, -0.2) is 34.5 Å². The molecule has 4 heterocycles. The summed E-state index contributed by atoms with van der Waals surface area (Å²) in [6.07, 6.45) is 7.57. The quantitative estimate of drug-likeness (QED) is 0.407. The number of hydrogen-bond acceptors (Lipinski definition) is 6. The molecule has 3 aromatic heterocycles. The average molecular weight is 459 g/mol. The number of aromatic nitrogens is 3. The molecule has 5 rings (SSSR count). The zero-order chi connectivity index (χ0) is 22.8. The summed E-state index contributed by atoms with van der Waals surface area (Å²) in [6.45, 7) is 2.06. The van der Waals surface area contributed by atoms with Crippen molar-refractivity contribution in [2.45, 2.75) is 18.8 Å². The molecule has 0 saturated carbocycles. The van der Waals surface area contributed by atoms with E-state index < -0.39 is 0 Å². The fraction of sp³-hybridized carbons (Fsp3) is 0.240. The van der Waals surface area contributed by atoms with E-state index in [9.17, 15) is 4.39 Å². The minimum atomic E-state index is -0.268. The Balaban J connectivity index is 1.56. The zero-order valence-electron chi connectivity index (χ0n) is 18.2. The maximum Gasteiger partial charge on any atom is 0.191 e. The smallest absolute Gasteiger partial charge is 0.191 e. The second kappa shape index (κ2) is 9.14. The van der Waals surface area contributed by atoms with E-state index in [1.165, 1.54) is 35.1 Å². The number of piperidine rings is 1. The lowest BCUT2D eigenvalue weighted by molar-refractivity contribution is 0.459. The van der Waals surface area contributed by atoms with Gasteiger partial charge in [0.25, 0.3) is 0 Å². The number of anilines is 2. The second-order valence-electron chi connectivity index (χ2n) is 8.08. The number of hydrogen-bond donors (Lipinski definition) is 1. The van der Waals surface area contributed by atoms with Crippen molar-refractivity contribution < 1.29 is 4.39 Å². The number of imidazole rings is 1. The first-order valence-corrected chi connectivity index (χ1v) is 11.8. The molecule has 0 aliphatic carbocycles. The molecule has 0 amide bonds. The topological polar surface area (TPSA) is 69.2 Å². The zero-order valence-corrected chi connectivity index (χ0v) is 19.0. The third kappa shape index (κ3) is 4.25. The van der Waals surface area contributed by atoms with Crippen LogP contribution in [0.1, 0.15) is 30.0 Å². The maximum atomic E-state index is 13.3. The first kappa shape index (κ1) is 21.3. The van der Waals surface area contributed by atoms with Crippen LogP contribution in [0.25, 0.3) is 23.0 Å². The van der Waals surface area contributed by atoms with E-state index in [0.717, 1.165) is 53.8 Å². The molecule has 1 aliphatic rings. The van der Waals surface area contributed by atoms with Crippen LogP contribution >= 0.6 is 11.3 Å². The van der Waals surface area contributed by atoms with Gasteiger partial charge in [-0.15, -0.1) is 11.3 Å². The monoisotopic (exact) mass is 458 g/mol. The number of fused-ring (bicyclic) bond motifs is 1. The van der Waals surface area contributed by atoms with E-state index in [-0.39, 0.29) is 5.82 Å². The largest absolute Gasteiger partial charge is 0.317 e. The number of thiazole rings is 1. The van der Waals surface area contributed by atoms with Crippen molar-refractivity contribution in [2.24, 2.45) is 0 Å². The van der Waals surface area contributed by atoms with Crippen LogP contribution in [0.15, 0.2) is 54.1 Å². The summed E-state index contributed by atoms with van der Waals surface area (Å²) < 4.78 is 15.4. The van der Waals surface area contributed by atoms with Gasteiger partial charge in [-0.1, -0.05) is 6.07 Å². The standard InChI is InChI=1S/C25H23FN6S/c1-31(25-30-22(16-33-25)18-4-7-20(26)8-5-18)24-21(3-2-12-27)29-23-9-6-19(15-32(23)24)17-10-13-28-14-11-17/h2-9,15-17,28H,10-11,13-14H2,1H3/b3-2+. The van der Waals surface area contributed by atoms with Crippen LogP contribution in [0.5, 0.6) is 0 Å². The van der Waals surface area contributed by atoms with Gasteiger partial charge in [-0.2, -0.15) is 5.26 Å². The Morgan fingerprint density at radius 2 is 1.97 bits per heavy atom. The molecule has 0 bridgehead atoms. The lowest BCUT2D eigenvalue weighted by Crippen LogP contribution is -2.26. The molecule has 166 valence electrons. The molecule has 0 unspecified atom stereocenters. The van der Waals surface area contributed by atoms with E-state index in [1.54, 1.807) is 18.2 Å². The predicted molar refractivity (Wildman–Crippen MR) is 130 cm³/mol. The first-order chi connectivity index (χ1) is 16.1. The molecule has 0 radical (unpaired) electrons. The number of nitrogens with zero attached hydrogens (tertiary/aromatic N) is 5. The Labute approximate surface area is 195 Å². The van der Waals surface area contributed by atoms with Crippen molar-refractivity contribution in [3.05, 3.63) is 71.1 Å². The number of pyridine rings is 1. The molecule has 1 aromatic carbocycles. The Bertz CT molecular complexity index is 1340. The predicted octanol–water partition coefficient (Wildman–Crippen LogP) is 5.37. The molecule has 4 aromatic rings. The van der Waals surface area contributed by atoms with Crippen molar-refractivity contribution >= 4 is 34.0 Å². The lowest BCUT2D eigenvalue weighted by Gasteiger charge is -2.23. The Kier molecular flexibility index (Phi) is 5.90. The number of nitriles is 1. The second-order valence-corrected chi connectivity index (χ2v) is 8.92. The van der Waals surface area contributed by atoms with Crippen LogP contribution < -0.4 is 10.2 Å². The van der Waals surface area contributed by atoms with Crippen LogP contribution in [-0.2, 0) is 0 Å². The third-order valence-electron chi connectivity index (χ3n) is 6.01. The van der Waals surface area contributed by atoms with Crippen molar-refractivity contribution in [1.82, 2.24) is 19.7 Å². The summed E-state index contributed by atoms with van der Waals surface area (Å²) in [5, 5.41) is 15.3. The summed E-state index contributed by atoms with van der Waals surface area (Å²) >= 11 is 1.51. The average Bonchev–Trinajstić information content (AvgIpc) is 3.48. The van der Waals surface area contributed by atoms with Crippen molar-refractivity contribution in [3.63, 3.8) is 0 Å². The van der Waals surface area contributed by atoms with Gasteiger partial charge >= 0.3 is 0 Å². The number of allylic oxidation sites excluding steroid dienone is 1. The van der Waals surface area contributed by atoms with Crippen molar-refractivity contribution in [3.8, 4) is 17.3 Å². The Morgan fingerprint density at radius 3 is 2.73 bits per heavy atom. The fourth-order valence-electron chi connectivity index (χ4n) is 4.29. The molecule has 0 spiro atoms. The van der Waals surface area contributed by atoms with Crippen molar-refractivity contribution in [1.29, 1.82) is 5.26 Å². The van der Waals surface area contributed by atoms with Gasteiger partial charge in [0, 0.05) is 30.3 Å². The molecular formula is C25H23FN6S. The molecule has 1 saturated heterocycles. The van der Waals surface area contributed by atoms with Gasteiger partial charge in [-0.25, -0.2) is 14.4 Å². The van der Waals surface area contributed by atoms with E-state index in [1.807, 2.05) is 23.4 Å². The number of rotatable bonds is 5. The number of nitrogens with one attached hydrogen (secondary N) is 1. The molecule has 1 aliphatic heterocycles. The van der Waals surface area contributed by atoms with Gasteiger partial charge in [-0.05, 0) is 73.8 Å². The molecule has 6 nitrogen and oxygen atoms in total. The lowest BCUT2D eigenvalue weighted by atomic mass is 9.91. The molecule has 1 fully saturated rings. The fourth-order valence-corrected chi connectivity index (χ4v) is 5.09. The number of benzene rings is 1. The highest BCUT2D eigenvalue weighted by atomic mass is 32.1. The molecule has 8 heteroatoms. The third-order valence-corrected chi connectivity index (χ3v) is 6.92. The molecule has 33 heavy (non-hydrogen) atoms. The normalized spacial score (nSPS) is 14.7. The first-order valence-electron chi connectivity index (χ1n) is 10.9. The minimum Gasteiger partial charge on any atom is -0.317 e. The van der Waals surface area contributed by atoms with Crippen LogP contribution in [0, 0.1) is 17.1 Å². The Morgan fingerprint density at radius 1 is 1.18 bits per heavy atom. The Hall–Kier alpha value is -3.54. The van der Waals surface area contributed by atoms with Crippen LogP contribution in [0.4, 0.5) is 15.3 Å². The van der Waals surface area contributed by atoms with E-state index in [0.29, 0.717) is 11.6 Å². The maximum absolute atomic E-state index is 13.3. The molecule has 0 atom stereocenters. The van der Waals surface area contributed by atoms with Gasteiger partial charge in [0.05, 0.1) is 11.8 Å². The molecule has 1 N–H and O–H groups in total. The highest BCUT2D eigenvalue weighted by Gasteiger charge is 2.21. The van der Waals surface area contributed by atoms with Gasteiger partial charge in [0.15, 0.2) is 5.13 Å². The summed E-state index contributed by atoms with van der Waals surface area (Å²) in [7, 11) is 1.96. The van der Waals surface area contributed by atoms with E-state index in [4.69, 9.17) is 15.2 Å². The summed E-state index contributed by atoms with van der Waals surface area (Å²) in [4.78, 5) is 11.6. The van der Waals surface area contributed by atoms with E-state index >= 15 is 0 Å².